The van der Waals surface area contributed by atoms with Gasteiger partial charge in [0.05, 0.1) is 23.4 Å². The molecule has 3 aromatic rings. The van der Waals surface area contributed by atoms with Gasteiger partial charge in [-0.05, 0) is 44.0 Å². The smallest absolute Gasteiger partial charge is 0.257 e. The van der Waals surface area contributed by atoms with Gasteiger partial charge in [-0.2, -0.15) is 0 Å². The molecule has 0 unspecified atom stereocenters. The molecule has 0 spiro atoms. The first-order valence-corrected chi connectivity index (χ1v) is 12.0. The van der Waals surface area contributed by atoms with Crippen molar-refractivity contribution in [2.45, 2.75) is 33.8 Å². The van der Waals surface area contributed by atoms with E-state index in [4.69, 9.17) is 9.26 Å². The zero-order chi connectivity index (χ0) is 24.8. The van der Waals surface area contributed by atoms with E-state index in [-0.39, 0.29) is 18.4 Å². The third kappa shape index (κ3) is 5.89. The fourth-order valence-electron chi connectivity index (χ4n) is 4.25. The van der Waals surface area contributed by atoms with E-state index < -0.39 is 0 Å². The van der Waals surface area contributed by atoms with Crippen LogP contribution in [0.5, 0.6) is 5.75 Å². The van der Waals surface area contributed by atoms with Gasteiger partial charge in [0, 0.05) is 31.9 Å². The van der Waals surface area contributed by atoms with Gasteiger partial charge >= 0.3 is 0 Å². The summed E-state index contributed by atoms with van der Waals surface area (Å²) in [5, 5.41) is 6.98. The number of amides is 2. The number of aromatic nitrogens is 1. The number of aryl methyl sites for hydroxylation is 3. The van der Waals surface area contributed by atoms with Gasteiger partial charge in [-0.25, -0.2) is 0 Å². The summed E-state index contributed by atoms with van der Waals surface area (Å²) in [7, 11) is 0. The van der Waals surface area contributed by atoms with Gasteiger partial charge in [-0.3, -0.25) is 14.5 Å². The van der Waals surface area contributed by atoms with Gasteiger partial charge < -0.3 is 19.5 Å². The van der Waals surface area contributed by atoms with Crippen LogP contribution in [0.4, 0.5) is 5.69 Å². The van der Waals surface area contributed by atoms with Gasteiger partial charge in [0.15, 0.2) is 0 Å². The lowest BCUT2D eigenvalue weighted by atomic mass is 10.1. The van der Waals surface area contributed by atoms with E-state index in [1.54, 1.807) is 12.1 Å². The number of nitrogens with one attached hydrogen (secondary N) is 1. The van der Waals surface area contributed by atoms with Crippen LogP contribution in [0.3, 0.4) is 0 Å². The van der Waals surface area contributed by atoms with E-state index in [9.17, 15) is 9.59 Å². The number of ether oxygens (including phenoxy) is 1. The molecule has 1 saturated heterocycles. The minimum atomic E-state index is -0.0691. The van der Waals surface area contributed by atoms with Crippen molar-refractivity contribution < 1.29 is 18.8 Å². The molecule has 0 radical (unpaired) electrons. The molecule has 184 valence electrons. The first-order chi connectivity index (χ1) is 17.0. The number of rotatable bonds is 8. The second-order valence-electron chi connectivity index (χ2n) is 8.71. The van der Waals surface area contributed by atoms with Crippen LogP contribution in [-0.4, -0.2) is 59.5 Å². The molecule has 1 fully saturated rings. The third-order valence-electron chi connectivity index (χ3n) is 6.37. The summed E-state index contributed by atoms with van der Waals surface area (Å²) in [6, 6.07) is 15.1. The normalized spacial score (nSPS) is 14.1. The molecule has 0 bridgehead atoms. The Hall–Kier alpha value is -3.65. The monoisotopic (exact) mass is 476 g/mol. The van der Waals surface area contributed by atoms with Gasteiger partial charge in [0.25, 0.3) is 5.91 Å². The highest BCUT2D eigenvalue weighted by molar-refractivity contribution is 5.97. The maximum absolute atomic E-state index is 13.3. The van der Waals surface area contributed by atoms with Crippen LogP contribution in [0.1, 0.15) is 39.9 Å². The number of para-hydroxylation sites is 2. The SMILES string of the molecule is CCc1ccccc1NC(=O)CN1CCN(C(=O)c2ccccc2OCc2c(C)noc2C)CC1. The van der Waals surface area contributed by atoms with Crippen molar-refractivity contribution in [3.63, 3.8) is 0 Å². The van der Waals surface area contributed by atoms with Crippen molar-refractivity contribution in [3.05, 3.63) is 76.7 Å². The highest BCUT2D eigenvalue weighted by Gasteiger charge is 2.25. The van der Waals surface area contributed by atoms with Crippen molar-refractivity contribution in [1.82, 2.24) is 15.0 Å². The van der Waals surface area contributed by atoms with Gasteiger partial charge in [-0.15, -0.1) is 0 Å². The highest BCUT2D eigenvalue weighted by atomic mass is 16.5. The Morgan fingerprint density at radius 2 is 1.74 bits per heavy atom. The number of benzene rings is 2. The summed E-state index contributed by atoms with van der Waals surface area (Å²) in [6.07, 6.45) is 0.862. The Kier molecular flexibility index (Phi) is 7.82. The molecule has 1 aliphatic rings. The molecule has 2 amide bonds. The fourth-order valence-corrected chi connectivity index (χ4v) is 4.25. The molecule has 35 heavy (non-hydrogen) atoms. The van der Waals surface area contributed by atoms with Crippen molar-refractivity contribution in [2.24, 2.45) is 0 Å². The molecule has 1 N–H and O–H groups in total. The number of carbonyl (C=O) groups excluding carboxylic acids is 2. The van der Waals surface area contributed by atoms with Crippen LogP contribution in [0.15, 0.2) is 53.1 Å². The van der Waals surface area contributed by atoms with Crippen LogP contribution in [0, 0.1) is 13.8 Å². The van der Waals surface area contributed by atoms with Crippen molar-refractivity contribution >= 4 is 17.5 Å². The summed E-state index contributed by atoms with van der Waals surface area (Å²) < 4.78 is 11.2. The Morgan fingerprint density at radius 1 is 1.03 bits per heavy atom. The van der Waals surface area contributed by atoms with E-state index in [2.05, 4.69) is 22.3 Å². The lowest BCUT2D eigenvalue weighted by molar-refractivity contribution is -0.117. The second-order valence-corrected chi connectivity index (χ2v) is 8.71. The first kappa shape index (κ1) is 24.5. The predicted molar refractivity (Wildman–Crippen MR) is 134 cm³/mol. The maximum Gasteiger partial charge on any atom is 0.257 e. The quantitative estimate of drug-likeness (QED) is 0.532. The number of hydrogen-bond donors (Lipinski definition) is 1. The molecule has 8 heteroatoms. The number of carbonyl (C=O) groups is 2. The molecule has 8 nitrogen and oxygen atoms in total. The first-order valence-electron chi connectivity index (χ1n) is 12.0. The molecule has 4 rings (SSSR count). The summed E-state index contributed by atoms with van der Waals surface area (Å²) in [5.41, 5.74) is 4.18. The standard InChI is InChI=1S/C27H32N4O4/c1-4-21-9-5-7-11-24(21)28-26(32)17-30-13-15-31(16-14-30)27(33)22-10-6-8-12-25(22)34-18-23-19(2)29-35-20(23)3/h5-12H,4,13-18H2,1-3H3,(H,28,32). The molecule has 2 heterocycles. The van der Waals surface area contributed by atoms with E-state index in [0.717, 1.165) is 28.9 Å². The number of nitrogens with zero attached hydrogens (tertiary/aromatic N) is 3. The lowest BCUT2D eigenvalue weighted by Crippen LogP contribution is -2.50. The maximum atomic E-state index is 13.3. The number of anilines is 1. The largest absolute Gasteiger partial charge is 0.488 e. The van der Waals surface area contributed by atoms with Crippen LogP contribution in [0.2, 0.25) is 0 Å². The zero-order valence-corrected chi connectivity index (χ0v) is 20.5. The van der Waals surface area contributed by atoms with Gasteiger partial charge in [0.2, 0.25) is 5.91 Å². The predicted octanol–water partition coefficient (Wildman–Crippen LogP) is 3.83. The van der Waals surface area contributed by atoms with Gasteiger partial charge in [0.1, 0.15) is 18.1 Å². The Labute approximate surface area is 205 Å². The van der Waals surface area contributed by atoms with Crippen LogP contribution in [0.25, 0.3) is 0 Å². The van der Waals surface area contributed by atoms with Crippen LogP contribution < -0.4 is 10.1 Å². The summed E-state index contributed by atoms with van der Waals surface area (Å²) in [4.78, 5) is 29.8. The van der Waals surface area contributed by atoms with Crippen LogP contribution in [-0.2, 0) is 17.8 Å². The minimum Gasteiger partial charge on any atom is -0.488 e. The number of hydrogen-bond acceptors (Lipinski definition) is 6. The summed E-state index contributed by atoms with van der Waals surface area (Å²) >= 11 is 0. The lowest BCUT2D eigenvalue weighted by Gasteiger charge is -2.34. The second kappa shape index (κ2) is 11.2. The number of piperazine rings is 1. The minimum absolute atomic E-state index is 0.0382. The summed E-state index contributed by atoms with van der Waals surface area (Å²) in [6.45, 7) is 8.75. The third-order valence-corrected chi connectivity index (χ3v) is 6.37. The Morgan fingerprint density at radius 3 is 2.46 bits per heavy atom. The summed E-state index contributed by atoms with van der Waals surface area (Å²) in [5.74, 6) is 1.14. The molecular formula is C27H32N4O4. The average Bonchev–Trinajstić information content (AvgIpc) is 3.20. The molecule has 0 aliphatic carbocycles. The van der Waals surface area contributed by atoms with Crippen molar-refractivity contribution in [1.29, 1.82) is 0 Å². The molecule has 1 aliphatic heterocycles. The topological polar surface area (TPSA) is 87.9 Å². The van der Waals surface area contributed by atoms with Crippen molar-refractivity contribution in [3.8, 4) is 5.75 Å². The zero-order valence-electron chi connectivity index (χ0n) is 20.5. The Bertz CT molecular complexity index is 1160. The molecule has 0 saturated carbocycles. The van der Waals surface area contributed by atoms with Crippen LogP contribution >= 0.6 is 0 Å². The average molecular weight is 477 g/mol. The van der Waals surface area contributed by atoms with E-state index in [1.807, 2.05) is 55.1 Å². The molecular weight excluding hydrogens is 444 g/mol. The van der Waals surface area contributed by atoms with E-state index in [1.165, 1.54) is 0 Å². The van der Waals surface area contributed by atoms with E-state index >= 15 is 0 Å². The molecule has 1 aromatic heterocycles. The Balaban J connectivity index is 1.32. The van der Waals surface area contributed by atoms with Gasteiger partial charge in [-0.1, -0.05) is 42.4 Å². The van der Waals surface area contributed by atoms with Crippen molar-refractivity contribution in [2.75, 3.05) is 38.0 Å². The van der Waals surface area contributed by atoms with E-state index in [0.29, 0.717) is 49.8 Å². The highest BCUT2D eigenvalue weighted by Crippen LogP contribution is 2.23. The molecule has 2 aromatic carbocycles. The molecule has 0 atom stereocenters. The fraction of sp³-hybridized carbons (Fsp3) is 0.370.